The molecule has 92 valence electrons. The number of benzene rings is 2. The molecular formula is C14H15N3O. The van der Waals surface area contributed by atoms with Crippen LogP contribution in [0.2, 0.25) is 0 Å². The molecule has 18 heavy (non-hydrogen) atoms. The molecule has 2 aromatic carbocycles. The van der Waals surface area contributed by atoms with Crippen molar-refractivity contribution in [2.24, 2.45) is 10.9 Å². The van der Waals surface area contributed by atoms with Crippen LogP contribution in [0.4, 0.5) is 11.4 Å². The smallest absolute Gasteiger partial charge is 0.172 e. The van der Waals surface area contributed by atoms with Crippen LogP contribution in [0.5, 0.6) is 0 Å². The molecule has 0 spiro atoms. The molecule has 0 fully saturated rings. The number of nitrogens with one attached hydrogen (secondary N) is 1. The predicted octanol–water partition coefficient (Wildman–Crippen LogP) is 2.83. The Balaban J connectivity index is 2.32. The molecule has 0 heterocycles. The maximum atomic E-state index is 8.75. The molecule has 0 saturated heterocycles. The monoisotopic (exact) mass is 241 g/mol. The zero-order valence-electron chi connectivity index (χ0n) is 10.1. The van der Waals surface area contributed by atoms with Crippen molar-refractivity contribution >= 4 is 17.2 Å². The first kappa shape index (κ1) is 12.0. The number of hydrogen-bond acceptors (Lipinski definition) is 3. The van der Waals surface area contributed by atoms with Crippen molar-refractivity contribution in [2.75, 3.05) is 5.32 Å². The summed E-state index contributed by atoms with van der Waals surface area (Å²) in [5, 5.41) is 15.0. The number of aryl methyl sites for hydroxylation is 1. The van der Waals surface area contributed by atoms with E-state index in [9.17, 15) is 0 Å². The van der Waals surface area contributed by atoms with E-state index < -0.39 is 0 Å². The highest BCUT2D eigenvalue weighted by molar-refractivity contribution is 6.02. The maximum absolute atomic E-state index is 8.75. The lowest BCUT2D eigenvalue weighted by atomic mass is 10.1. The normalized spacial score (nSPS) is 11.3. The fourth-order valence-corrected chi connectivity index (χ4v) is 1.66. The average Bonchev–Trinajstić information content (AvgIpc) is 2.41. The van der Waals surface area contributed by atoms with Gasteiger partial charge in [0.05, 0.1) is 0 Å². The first-order valence-corrected chi connectivity index (χ1v) is 5.61. The number of oxime groups is 1. The zero-order valence-corrected chi connectivity index (χ0v) is 10.1. The number of nitrogens with two attached hydrogens (primary N) is 1. The Bertz CT molecular complexity index is 562. The molecule has 0 amide bonds. The topological polar surface area (TPSA) is 70.6 Å². The van der Waals surface area contributed by atoms with E-state index in [1.54, 1.807) is 6.07 Å². The predicted molar refractivity (Wildman–Crippen MR) is 73.4 cm³/mol. The number of para-hydroxylation sites is 1. The van der Waals surface area contributed by atoms with Gasteiger partial charge in [0.25, 0.3) is 0 Å². The fraction of sp³-hybridized carbons (Fsp3) is 0.0714. The molecule has 0 aliphatic carbocycles. The molecule has 4 nitrogen and oxygen atoms in total. The second kappa shape index (κ2) is 5.23. The van der Waals surface area contributed by atoms with Crippen molar-refractivity contribution < 1.29 is 5.21 Å². The molecule has 0 aliphatic rings. The molecule has 2 aromatic rings. The minimum Gasteiger partial charge on any atom is -0.409 e. The lowest BCUT2D eigenvalue weighted by Crippen LogP contribution is -2.14. The van der Waals surface area contributed by atoms with Gasteiger partial charge >= 0.3 is 0 Å². The minimum absolute atomic E-state index is 0.0882. The summed E-state index contributed by atoms with van der Waals surface area (Å²) in [6, 6.07) is 15.4. The van der Waals surface area contributed by atoms with Gasteiger partial charge in [-0.1, -0.05) is 35.0 Å². The van der Waals surface area contributed by atoms with Crippen molar-refractivity contribution in [1.82, 2.24) is 0 Å². The van der Waals surface area contributed by atoms with Crippen LogP contribution in [0.3, 0.4) is 0 Å². The second-order valence-corrected chi connectivity index (χ2v) is 4.02. The van der Waals surface area contributed by atoms with Crippen LogP contribution < -0.4 is 11.1 Å². The van der Waals surface area contributed by atoms with Gasteiger partial charge in [-0.05, 0) is 31.2 Å². The molecule has 4 heteroatoms. The van der Waals surface area contributed by atoms with E-state index in [1.807, 2.05) is 49.4 Å². The standard InChI is InChI=1S/C14H15N3O/c1-10-6-8-11(9-7-10)16-13-5-3-2-4-12(13)14(15)17-18/h2-9,16,18H,1H3,(H2,15,17). The molecule has 0 aliphatic heterocycles. The highest BCUT2D eigenvalue weighted by atomic mass is 16.4. The van der Waals surface area contributed by atoms with Gasteiger partial charge in [-0.2, -0.15) is 0 Å². The van der Waals surface area contributed by atoms with Crippen molar-refractivity contribution in [3.8, 4) is 0 Å². The van der Waals surface area contributed by atoms with Crippen molar-refractivity contribution in [3.05, 3.63) is 59.7 Å². The molecule has 0 saturated carbocycles. The highest BCUT2D eigenvalue weighted by Gasteiger charge is 2.06. The third-order valence-electron chi connectivity index (χ3n) is 2.64. The van der Waals surface area contributed by atoms with E-state index in [2.05, 4.69) is 10.5 Å². The quantitative estimate of drug-likeness (QED) is 0.335. The largest absolute Gasteiger partial charge is 0.409 e. The van der Waals surface area contributed by atoms with E-state index >= 15 is 0 Å². The Kier molecular flexibility index (Phi) is 3.48. The van der Waals surface area contributed by atoms with Crippen LogP contribution in [0.25, 0.3) is 0 Å². The van der Waals surface area contributed by atoms with Gasteiger partial charge in [-0.3, -0.25) is 0 Å². The van der Waals surface area contributed by atoms with Crippen LogP contribution in [-0.2, 0) is 0 Å². The molecule has 0 radical (unpaired) electrons. The SMILES string of the molecule is Cc1ccc(Nc2ccccc2C(N)=NO)cc1. The van der Waals surface area contributed by atoms with Gasteiger partial charge in [0, 0.05) is 16.9 Å². The summed E-state index contributed by atoms with van der Waals surface area (Å²) in [7, 11) is 0. The van der Waals surface area contributed by atoms with Crippen LogP contribution in [-0.4, -0.2) is 11.0 Å². The molecule has 0 bridgehead atoms. The number of nitrogens with zero attached hydrogens (tertiary/aromatic N) is 1. The van der Waals surface area contributed by atoms with Gasteiger partial charge in [0.2, 0.25) is 0 Å². The molecule has 0 atom stereocenters. The average molecular weight is 241 g/mol. The van der Waals surface area contributed by atoms with Crippen LogP contribution in [0.15, 0.2) is 53.7 Å². The van der Waals surface area contributed by atoms with E-state index in [4.69, 9.17) is 10.9 Å². The van der Waals surface area contributed by atoms with Gasteiger partial charge < -0.3 is 16.3 Å². The summed E-state index contributed by atoms with van der Waals surface area (Å²) < 4.78 is 0. The lowest BCUT2D eigenvalue weighted by molar-refractivity contribution is 0.318. The van der Waals surface area contributed by atoms with E-state index in [0.29, 0.717) is 5.56 Å². The number of hydrogen-bond donors (Lipinski definition) is 3. The van der Waals surface area contributed by atoms with E-state index in [0.717, 1.165) is 11.4 Å². The van der Waals surface area contributed by atoms with E-state index in [-0.39, 0.29) is 5.84 Å². The molecule has 4 N–H and O–H groups in total. The fourth-order valence-electron chi connectivity index (χ4n) is 1.66. The Labute approximate surface area is 106 Å². The zero-order chi connectivity index (χ0) is 13.0. The second-order valence-electron chi connectivity index (χ2n) is 4.02. The summed E-state index contributed by atoms with van der Waals surface area (Å²) in [5.41, 5.74) is 9.26. The van der Waals surface area contributed by atoms with Gasteiger partial charge in [-0.15, -0.1) is 0 Å². The van der Waals surface area contributed by atoms with E-state index in [1.165, 1.54) is 5.56 Å². The third kappa shape index (κ3) is 2.60. The summed E-state index contributed by atoms with van der Waals surface area (Å²) in [6.45, 7) is 2.04. The Morgan fingerprint density at radius 2 is 1.78 bits per heavy atom. The maximum Gasteiger partial charge on any atom is 0.172 e. The Hall–Kier alpha value is -2.49. The number of anilines is 2. The highest BCUT2D eigenvalue weighted by Crippen LogP contribution is 2.20. The Morgan fingerprint density at radius 3 is 2.44 bits per heavy atom. The lowest BCUT2D eigenvalue weighted by Gasteiger charge is -2.11. The van der Waals surface area contributed by atoms with Gasteiger partial charge in [-0.25, -0.2) is 0 Å². The summed E-state index contributed by atoms with van der Waals surface area (Å²) >= 11 is 0. The van der Waals surface area contributed by atoms with Crippen LogP contribution >= 0.6 is 0 Å². The summed E-state index contributed by atoms with van der Waals surface area (Å²) in [6.07, 6.45) is 0. The third-order valence-corrected chi connectivity index (χ3v) is 2.64. The van der Waals surface area contributed by atoms with Gasteiger partial charge in [0.15, 0.2) is 5.84 Å². The molecule has 0 unspecified atom stereocenters. The number of rotatable bonds is 3. The van der Waals surface area contributed by atoms with Crippen LogP contribution in [0, 0.1) is 6.92 Å². The summed E-state index contributed by atoms with van der Waals surface area (Å²) in [4.78, 5) is 0. The van der Waals surface area contributed by atoms with Crippen molar-refractivity contribution in [3.63, 3.8) is 0 Å². The molecule has 2 rings (SSSR count). The number of amidine groups is 1. The Morgan fingerprint density at radius 1 is 1.11 bits per heavy atom. The minimum atomic E-state index is 0.0882. The van der Waals surface area contributed by atoms with Crippen molar-refractivity contribution in [2.45, 2.75) is 6.92 Å². The first-order valence-electron chi connectivity index (χ1n) is 5.61. The summed E-state index contributed by atoms with van der Waals surface area (Å²) in [5.74, 6) is 0.0882. The van der Waals surface area contributed by atoms with Crippen LogP contribution in [0.1, 0.15) is 11.1 Å². The van der Waals surface area contributed by atoms with Crippen molar-refractivity contribution in [1.29, 1.82) is 0 Å². The molecular weight excluding hydrogens is 226 g/mol. The first-order chi connectivity index (χ1) is 8.70. The molecule has 0 aromatic heterocycles. The van der Waals surface area contributed by atoms with Gasteiger partial charge in [0.1, 0.15) is 0 Å².